The molecular formula is C17H21ClN4. The van der Waals surface area contributed by atoms with E-state index in [1.54, 1.807) is 19.3 Å². The zero-order valence-electron chi connectivity index (χ0n) is 12.9. The number of halogens is 1. The van der Waals surface area contributed by atoms with Gasteiger partial charge in [-0.05, 0) is 29.2 Å². The minimum absolute atomic E-state index is 0.502. The van der Waals surface area contributed by atoms with Gasteiger partial charge in [-0.1, -0.05) is 48.9 Å². The predicted molar refractivity (Wildman–Crippen MR) is 92.1 cm³/mol. The molecule has 0 aliphatic heterocycles. The largest absolute Gasteiger partial charge is 0.352 e. The number of guanidine groups is 1. The minimum atomic E-state index is 0.502. The molecule has 0 radical (unpaired) electrons. The van der Waals surface area contributed by atoms with Gasteiger partial charge in [-0.25, -0.2) is 4.98 Å². The summed E-state index contributed by atoms with van der Waals surface area (Å²) in [5.41, 5.74) is 3.70. The number of nitrogens with one attached hydrogen (secondary N) is 2. The molecule has 0 saturated carbocycles. The Bertz CT molecular complexity index is 623. The third kappa shape index (κ3) is 4.74. The zero-order chi connectivity index (χ0) is 15.8. The average Bonchev–Trinajstić information content (AvgIpc) is 2.57. The normalized spacial score (nSPS) is 11.3. The summed E-state index contributed by atoms with van der Waals surface area (Å²) < 4.78 is 0. The van der Waals surface area contributed by atoms with Crippen molar-refractivity contribution < 1.29 is 0 Å². The van der Waals surface area contributed by atoms with E-state index < -0.39 is 0 Å². The van der Waals surface area contributed by atoms with Crippen LogP contribution in [-0.2, 0) is 19.5 Å². The Hall–Kier alpha value is -2.07. The number of hydrogen-bond donors (Lipinski definition) is 2. The summed E-state index contributed by atoms with van der Waals surface area (Å²) in [4.78, 5) is 8.30. The van der Waals surface area contributed by atoms with Gasteiger partial charge in [0.15, 0.2) is 5.96 Å². The fraction of sp³-hybridized carbons (Fsp3) is 0.294. The van der Waals surface area contributed by atoms with Gasteiger partial charge in [-0.3, -0.25) is 4.99 Å². The van der Waals surface area contributed by atoms with Gasteiger partial charge in [0, 0.05) is 26.3 Å². The van der Waals surface area contributed by atoms with Crippen LogP contribution in [0.5, 0.6) is 0 Å². The van der Waals surface area contributed by atoms with Gasteiger partial charge in [0.25, 0.3) is 0 Å². The quantitative estimate of drug-likeness (QED) is 0.506. The van der Waals surface area contributed by atoms with Crippen LogP contribution >= 0.6 is 11.6 Å². The van der Waals surface area contributed by atoms with Crippen LogP contribution in [0.4, 0.5) is 0 Å². The van der Waals surface area contributed by atoms with Crippen molar-refractivity contribution in [2.24, 2.45) is 4.99 Å². The molecule has 0 aliphatic carbocycles. The summed E-state index contributed by atoms with van der Waals surface area (Å²) in [5.74, 6) is 0.765. The van der Waals surface area contributed by atoms with Crippen LogP contribution in [0.1, 0.15) is 23.6 Å². The van der Waals surface area contributed by atoms with E-state index in [1.165, 1.54) is 11.1 Å². The molecule has 0 fully saturated rings. The number of pyridine rings is 1. The van der Waals surface area contributed by atoms with E-state index in [-0.39, 0.29) is 0 Å². The van der Waals surface area contributed by atoms with Crippen molar-refractivity contribution in [1.29, 1.82) is 0 Å². The number of hydrogen-bond acceptors (Lipinski definition) is 2. The Labute approximate surface area is 136 Å². The van der Waals surface area contributed by atoms with Gasteiger partial charge in [-0.2, -0.15) is 0 Å². The van der Waals surface area contributed by atoms with E-state index in [1.807, 2.05) is 6.07 Å². The second-order valence-electron chi connectivity index (χ2n) is 4.89. The maximum atomic E-state index is 5.78. The van der Waals surface area contributed by atoms with E-state index in [4.69, 9.17) is 11.6 Å². The maximum absolute atomic E-state index is 5.78. The van der Waals surface area contributed by atoms with Gasteiger partial charge < -0.3 is 10.6 Å². The van der Waals surface area contributed by atoms with Gasteiger partial charge in [0.2, 0.25) is 0 Å². The Morgan fingerprint density at radius 1 is 1.09 bits per heavy atom. The Balaban J connectivity index is 1.88. The number of aryl methyl sites for hydroxylation is 1. The van der Waals surface area contributed by atoms with Crippen molar-refractivity contribution in [2.45, 2.75) is 26.4 Å². The summed E-state index contributed by atoms with van der Waals surface area (Å²) in [5, 5.41) is 7.11. The lowest BCUT2D eigenvalue weighted by Crippen LogP contribution is -2.36. The first kappa shape index (κ1) is 16.3. The molecule has 2 aromatic rings. The van der Waals surface area contributed by atoms with E-state index in [9.17, 15) is 0 Å². The Morgan fingerprint density at radius 2 is 1.82 bits per heavy atom. The number of rotatable bonds is 5. The first-order chi connectivity index (χ1) is 10.7. The summed E-state index contributed by atoms with van der Waals surface area (Å²) in [6, 6.07) is 12.2. The van der Waals surface area contributed by atoms with Crippen molar-refractivity contribution in [3.05, 3.63) is 64.4 Å². The summed E-state index contributed by atoms with van der Waals surface area (Å²) >= 11 is 5.78. The lowest BCUT2D eigenvalue weighted by atomic mass is 10.1. The molecule has 4 nitrogen and oxygen atoms in total. The average molecular weight is 317 g/mol. The van der Waals surface area contributed by atoms with Crippen molar-refractivity contribution in [3.63, 3.8) is 0 Å². The summed E-state index contributed by atoms with van der Waals surface area (Å²) in [7, 11) is 1.77. The minimum Gasteiger partial charge on any atom is -0.352 e. The molecule has 0 spiro atoms. The van der Waals surface area contributed by atoms with E-state index in [2.05, 4.69) is 51.8 Å². The Morgan fingerprint density at radius 3 is 2.45 bits per heavy atom. The number of aliphatic imine (C=N–C) groups is 1. The lowest BCUT2D eigenvalue weighted by molar-refractivity contribution is 0.801. The van der Waals surface area contributed by atoms with Crippen molar-refractivity contribution in [1.82, 2.24) is 15.6 Å². The van der Waals surface area contributed by atoms with Gasteiger partial charge in [0.05, 0.1) is 0 Å². The number of aromatic nitrogens is 1. The molecule has 5 heteroatoms. The van der Waals surface area contributed by atoms with Crippen LogP contribution in [0.15, 0.2) is 47.6 Å². The third-order valence-corrected chi connectivity index (χ3v) is 3.64. The molecule has 0 bridgehead atoms. The molecule has 1 aromatic carbocycles. The third-order valence-electron chi connectivity index (χ3n) is 3.42. The van der Waals surface area contributed by atoms with Crippen molar-refractivity contribution in [3.8, 4) is 0 Å². The maximum Gasteiger partial charge on any atom is 0.191 e. The van der Waals surface area contributed by atoms with E-state index >= 15 is 0 Å². The van der Waals surface area contributed by atoms with Crippen LogP contribution in [0.3, 0.4) is 0 Å². The van der Waals surface area contributed by atoms with Gasteiger partial charge in [-0.15, -0.1) is 0 Å². The summed E-state index contributed by atoms with van der Waals surface area (Å²) in [6.07, 6.45) is 2.79. The van der Waals surface area contributed by atoms with Crippen LogP contribution < -0.4 is 10.6 Å². The molecule has 0 aliphatic rings. The molecule has 0 unspecified atom stereocenters. The standard InChI is InChI=1S/C17H21ClN4/c1-3-14-6-4-5-7-15(14)12-22-17(19-2)21-11-13-8-9-16(18)20-10-13/h4-10H,3,11-12H2,1-2H3,(H2,19,21,22). The second kappa shape index (κ2) is 8.39. The van der Waals surface area contributed by atoms with Crippen LogP contribution in [0.25, 0.3) is 0 Å². The van der Waals surface area contributed by atoms with E-state index in [0.717, 1.165) is 24.5 Å². The molecule has 1 heterocycles. The van der Waals surface area contributed by atoms with Crippen LogP contribution in [-0.4, -0.2) is 18.0 Å². The highest BCUT2D eigenvalue weighted by molar-refractivity contribution is 6.29. The molecule has 116 valence electrons. The Kier molecular flexibility index (Phi) is 6.22. The lowest BCUT2D eigenvalue weighted by Gasteiger charge is -2.13. The molecule has 22 heavy (non-hydrogen) atoms. The first-order valence-corrected chi connectivity index (χ1v) is 7.72. The van der Waals surface area contributed by atoms with Crippen LogP contribution in [0, 0.1) is 0 Å². The van der Waals surface area contributed by atoms with Crippen molar-refractivity contribution >= 4 is 17.6 Å². The number of nitrogens with zero attached hydrogens (tertiary/aromatic N) is 2. The van der Waals surface area contributed by atoms with Gasteiger partial charge >= 0.3 is 0 Å². The fourth-order valence-electron chi connectivity index (χ4n) is 2.17. The van der Waals surface area contributed by atoms with Crippen LogP contribution in [0.2, 0.25) is 5.15 Å². The summed E-state index contributed by atoms with van der Waals surface area (Å²) in [6.45, 7) is 3.57. The predicted octanol–water partition coefficient (Wildman–Crippen LogP) is 3.16. The fourth-order valence-corrected chi connectivity index (χ4v) is 2.28. The van der Waals surface area contributed by atoms with E-state index in [0.29, 0.717) is 11.7 Å². The molecule has 0 amide bonds. The molecule has 0 saturated heterocycles. The SMILES string of the molecule is CCc1ccccc1CNC(=NC)NCc1ccc(Cl)nc1. The monoisotopic (exact) mass is 316 g/mol. The first-order valence-electron chi connectivity index (χ1n) is 7.34. The molecule has 2 N–H and O–H groups in total. The van der Waals surface area contributed by atoms with Gasteiger partial charge in [0.1, 0.15) is 5.15 Å². The molecular weight excluding hydrogens is 296 g/mol. The highest BCUT2D eigenvalue weighted by Gasteiger charge is 2.02. The molecule has 0 atom stereocenters. The molecule has 2 rings (SSSR count). The second-order valence-corrected chi connectivity index (χ2v) is 5.28. The van der Waals surface area contributed by atoms with Crippen molar-refractivity contribution in [2.75, 3.05) is 7.05 Å². The smallest absolute Gasteiger partial charge is 0.191 e. The topological polar surface area (TPSA) is 49.3 Å². The molecule has 1 aromatic heterocycles. The highest BCUT2D eigenvalue weighted by Crippen LogP contribution is 2.09. The number of benzene rings is 1. The highest BCUT2D eigenvalue weighted by atomic mass is 35.5. The zero-order valence-corrected chi connectivity index (χ0v) is 13.7.